The highest BCUT2D eigenvalue weighted by Crippen LogP contribution is 2.24. The Labute approximate surface area is 156 Å². The summed E-state index contributed by atoms with van der Waals surface area (Å²) in [6.45, 7) is 7.28. The topological polar surface area (TPSA) is 66.5 Å². The van der Waals surface area contributed by atoms with Crippen molar-refractivity contribution in [1.29, 1.82) is 0 Å². The number of anilines is 1. The first-order valence-corrected chi connectivity index (χ1v) is 10.4. The van der Waals surface area contributed by atoms with Gasteiger partial charge in [-0.1, -0.05) is 36.4 Å². The van der Waals surface area contributed by atoms with Crippen molar-refractivity contribution in [1.82, 2.24) is 5.32 Å². The molecule has 0 aromatic heterocycles. The van der Waals surface area contributed by atoms with Gasteiger partial charge in [-0.05, 0) is 56.5 Å². The van der Waals surface area contributed by atoms with Crippen LogP contribution < -0.4 is 9.62 Å². The summed E-state index contributed by atoms with van der Waals surface area (Å²) in [7, 11) is -3.62. The normalized spacial score (nSPS) is 13.7. The van der Waals surface area contributed by atoms with Crippen molar-refractivity contribution < 1.29 is 13.2 Å². The molecule has 6 heteroatoms. The second-order valence-electron chi connectivity index (χ2n) is 6.72. The van der Waals surface area contributed by atoms with Gasteiger partial charge in [-0.15, -0.1) is 0 Å². The van der Waals surface area contributed by atoms with Gasteiger partial charge < -0.3 is 5.32 Å². The number of hydrogen-bond acceptors (Lipinski definition) is 3. The van der Waals surface area contributed by atoms with Gasteiger partial charge in [0.1, 0.15) is 6.04 Å². The van der Waals surface area contributed by atoms with E-state index in [9.17, 15) is 13.2 Å². The monoisotopic (exact) mass is 374 g/mol. The minimum absolute atomic E-state index is 0.216. The first-order chi connectivity index (χ1) is 12.1. The van der Waals surface area contributed by atoms with Gasteiger partial charge in [0.25, 0.3) is 0 Å². The summed E-state index contributed by atoms with van der Waals surface area (Å²) in [5, 5.41) is 2.90. The largest absolute Gasteiger partial charge is 0.348 e. The third kappa shape index (κ3) is 4.85. The first-order valence-electron chi connectivity index (χ1n) is 8.52. The fraction of sp³-hybridized carbons (Fsp3) is 0.350. The Morgan fingerprint density at radius 3 is 2.04 bits per heavy atom. The average molecular weight is 375 g/mol. The van der Waals surface area contributed by atoms with E-state index >= 15 is 0 Å². The molecule has 0 aliphatic carbocycles. The number of amides is 1. The Kier molecular flexibility index (Phi) is 6.08. The molecule has 0 saturated carbocycles. The molecule has 0 aliphatic heterocycles. The summed E-state index contributed by atoms with van der Waals surface area (Å²) in [6, 6.07) is 14.0. The van der Waals surface area contributed by atoms with Gasteiger partial charge in [0.15, 0.2) is 0 Å². The van der Waals surface area contributed by atoms with Crippen LogP contribution in [0.15, 0.2) is 48.5 Å². The molecule has 0 spiro atoms. The van der Waals surface area contributed by atoms with Gasteiger partial charge in [0, 0.05) is 0 Å². The number of carbonyl (C=O) groups is 1. The zero-order valence-electron chi connectivity index (χ0n) is 15.9. The highest BCUT2D eigenvalue weighted by Gasteiger charge is 2.30. The Hall–Kier alpha value is -2.34. The molecule has 5 nitrogen and oxygen atoms in total. The van der Waals surface area contributed by atoms with Crippen LogP contribution in [-0.4, -0.2) is 26.6 Å². The zero-order chi connectivity index (χ0) is 19.5. The van der Waals surface area contributed by atoms with Gasteiger partial charge in [-0.2, -0.15) is 0 Å². The first kappa shape index (κ1) is 20.0. The second-order valence-corrected chi connectivity index (χ2v) is 8.58. The molecule has 2 atom stereocenters. The number of sulfonamides is 1. The molecular formula is C20H26N2O3S. The quantitative estimate of drug-likeness (QED) is 0.843. The van der Waals surface area contributed by atoms with Crippen LogP contribution >= 0.6 is 0 Å². The van der Waals surface area contributed by atoms with Crippen LogP contribution in [-0.2, 0) is 14.8 Å². The van der Waals surface area contributed by atoms with E-state index in [1.54, 1.807) is 19.1 Å². The lowest BCUT2D eigenvalue weighted by molar-refractivity contribution is -0.122. The van der Waals surface area contributed by atoms with Crippen LogP contribution in [0.5, 0.6) is 0 Å². The van der Waals surface area contributed by atoms with E-state index in [4.69, 9.17) is 0 Å². The Bertz CT molecular complexity index is 859. The van der Waals surface area contributed by atoms with Crippen LogP contribution in [0.2, 0.25) is 0 Å². The number of hydrogen-bond donors (Lipinski definition) is 1. The zero-order valence-corrected chi connectivity index (χ0v) is 16.7. The molecule has 0 aliphatic rings. The Balaban J connectivity index is 2.29. The molecule has 1 N–H and O–H groups in total. The minimum atomic E-state index is -3.62. The summed E-state index contributed by atoms with van der Waals surface area (Å²) in [6.07, 6.45) is 1.12. The van der Waals surface area contributed by atoms with Crippen molar-refractivity contribution in [2.75, 3.05) is 10.6 Å². The van der Waals surface area contributed by atoms with E-state index in [-0.39, 0.29) is 11.9 Å². The molecule has 0 heterocycles. The lowest BCUT2D eigenvalue weighted by atomic mass is 10.1. The van der Waals surface area contributed by atoms with Crippen molar-refractivity contribution in [2.24, 2.45) is 0 Å². The standard InChI is InChI=1S/C20H26N2O3S/c1-14-11-15(2)13-19(12-14)22(26(5,24)25)17(4)20(23)21-16(3)18-9-7-6-8-10-18/h6-13,16-17H,1-5H3,(H,21,23)/t16-,17-/m1/s1. The second kappa shape index (κ2) is 7.91. The summed E-state index contributed by atoms with van der Waals surface area (Å²) < 4.78 is 26.0. The maximum absolute atomic E-state index is 12.7. The van der Waals surface area contributed by atoms with Crippen molar-refractivity contribution in [3.8, 4) is 0 Å². The average Bonchev–Trinajstić information content (AvgIpc) is 2.53. The molecule has 26 heavy (non-hydrogen) atoms. The van der Waals surface area contributed by atoms with Crippen molar-refractivity contribution in [3.63, 3.8) is 0 Å². The molecule has 1 amide bonds. The van der Waals surface area contributed by atoms with E-state index in [0.717, 1.165) is 22.9 Å². The molecule has 0 bridgehead atoms. The Morgan fingerprint density at radius 1 is 1.00 bits per heavy atom. The predicted octanol–water partition coefficient (Wildman–Crippen LogP) is 3.34. The molecule has 140 valence electrons. The van der Waals surface area contributed by atoms with Crippen molar-refractivity contribution >= 4 is 21.6 Å². The molecule has 0 radical (unpaired) electrons. The smallest absolute Gasteiger partial charge is 0.244 e. The van der Waals surface area contributed by atoms with Gasteiger partial charge in [0.2, 0.25) is 15.9 Å². The maximum atomic E-state index is 12.7. The molecule has 0 unspecified atom stereocenters. The lowest BCUT2D eigenvalue weighted by Crippen LogP contribution is -2.48. The summed E-state index contributed by atoms with van der Waals surface area (Å²) in [4.78, 5) is 12.7. The number of nitrogens with zero attached hydrogens (tertiary/aromatic N) is 1. The fourth-order valence-corrected chi connectivity index (χ4v) is 4.20. The molecule has 2 aromatic rings. The Morgan fingerprint density at radius 2 is 1.54 bits per heavy atom. The number of rotatable bonds is 6. The van der Waals surface area contributed by atoms with Crippen molar-refractivity contribution in [2.45, 2.75) is 39.8 Å². The fourth-order valence-electron chi connectivity index (χ4n) is 3.05. The number of benzene rings is 2. The maximum Gasteiger partial charge on any atom is 0.244 e. The van der Waals surface area contributed by atoms with Crippen LogP contribution in [0, 0.1) is 13.8 Å². The van der Waals surface area contributed by atoms with Crippen LogP contribution in [0.1, 0.15) is 36.6 Å². The van der Waals surface area contributed by atoms with E-state index in [2.05, 4.69) is 5.32 Å². The molecule has 0 fully saturated rings. The minimum Gasteiger partial charge on any atom is -0.348 e. The van der Waals surface area contributed by atoms with E-state index in [1.807, 2.05) is 57.2 Å². The molecule has 0 saturated heterocycles. The summed E-state index contributed by atoms with van der Waals surface area (Å²) in [5.41, 5.74) is 3.35. The van der Waals surface area contributed by atoms with Crippen LogP contribution in [0.3, 0.4) is 0 Å². The number of aryl methyl sites for hydroxylation is 2. The van der Waals surface area contributed by atoms with Gasteiger partial charge in [-0.25, -0.2) is 8.42 Å². The molecule has 2 rings (SSSR count). The van der Waals surface area contributed by atoms with E-state index in [1.165, 1.54) is 4.31 Å². The highest BCUT2D eigenvalue weighted by atomic mass is 32.2. The SMILES string of the molecule is Cc1cc(C)cc(N([C@H](C)C(=O)N[C@H](C)c2ccccc2)S(C)(=O)=O)c1. The van der Waals surface area contributed by atoms with E-state index < -0.39 is 16.1 Å². The summed E-state index contributed by atoms with van der Waals surface area (Å²) >= 11 is 0. The molecular weight excluding hydrogens is 348 g/mol. The van der Waals surface area contributed by atoms with Gasteiger partial charge in [-0.3, -0.25) is 9.10 Å². The van der Waals surface area contributed by atoms with E-state index in [0.29, 0.717) is 5.69 Å². The molecule has 2 aromatic carbocycles. The summed E-state index contributed by atoms with van der Waals surface area (Å²) in [5.74, 6) is -0.342. The third-order valence-electron chi connectivity index (χ3n) is 4.21. The van der Waals surface area contributed by atoms with Gasteiger partial charge >= 0.3 is 0 Å². The van der Waals surface area contributed by atoms with Gasteiger partial charge in [0.05, 0.1) is 18.0 Å². The highest BCUT2D eigenvalue weighted by molar-refractivity contribution is 7.92. The lowest BCUT2D eigenvalue weighted by Gasteiger charge is -2.29. The predicted molar refractivity (Wildman–Crippen MR) is 106 cm³/mol. The number of carbonyl (C=O) groups excluding carboxylic acids is 1. The van der Waals surface area contributed by atoms with Crippen LogP contribution in [0.25, 0.3) is 0 Å². The number of nitrogens with one attached hydrogen (secondary N) is 1. The third-order valence-corrected chi connectivity index (χ3v) is 5.45. The van der Waals surface area contributed by atoms with Crippen LogP contribution in [0.4, 0.5) is 5.69 Å². The van der Waals surface area contributed by atoms with Crippen molar-refractivity contribution in [3.05, 3.63) is 65.2 Å².